The van der Waals surface area contributed by atoms with E-state index in [9.17, 15) is 9.59 Å². The van der Waals surface area contributed by atoms with Crippen molar-refractivity contribution in [2.24, 2.45) is 5.92 Å². The predicted octanol–water partition coefficient (Wildman–Crippen LogP) is 3.27. The lowest BCUT2D eigenvalue weighted by Gasteiger charge is -2.32. The van der Waals surface area contributed by atoms with Crippen molar-refractivity contribution in [3.05, 3.63) is 60.1 Å². The number of likely N-dealkylation sites (tertiary alicyclic amines) is 1. The minimum absolute atomic E-state index is 0.0440. The molecule has 0 bridgehead atoms. The Labute approximate surface area is 154 Å². The molecule has 3 rings (SSSR count). The van der Waals surface area contributed by atoms with Crippen LogP contribution in [0.25, 0.3) is 0 Å². The molecule has 0 saturated carbocycles. The van der Waals surface area contributed by atoms with Crippen LogP contribution in [0.2, 0.25) is 0 Å². The molecule has 5 nitrogen and oxygen atoms in total. The molecule has 0 unspecified atom stereocenters. The minimum atomic E-state index is -0.151. The third-order valence-electron chi connectivity index (χ3n) is 4.91. The first-order valence-corrected chi connectivity index (χ1v) is 9.30. The first-order valence-electron chi connectivity index (χ1n) is 9.30. The fraction of sp³-hybridized carbons (Fsp3) is 0.429. The lowest BCUT2D eigenvalue weighted by atomic mass is 9.96. The van der Waals surface area contributed by atoms with Gasteiger partial charge in [-0.15, -0.1) is 0 Å². The number of hydrogen-bond acceptors (Lipinski definition) is 3. The molecule has 1 aliphatic heterocycles. The number of benzene rings is 1. The van der Waals surface area contributed by atoms with Crippen molar-refractivity contribution < 1.29 is 14.0 Å². The Morgan fingerprint density at radius 1 is 1.23 bits per heavy atom. The van der Waals surface area contributed by atoms with Crippen molar-refractivity contribution in [1.82, 2.24) is 10.2 Å². The summed E-state index contributed by atoms with van der Waals surface area (Å²) in [5, 5.41) is 3.11. The molecule has 138 valence electrons. The quantitative estimate of drug-likeness (QED) is 0.866. The summed E-state index contributed by atoms with van der Waals surface area (Å²) in [6.45, 7) is 3.17. The first-order chi connectivity index (χ1) is 12.6. The molecular formula is C21H26N2O3. The smallest absolute Gasteiger partial charge is 0.289 e. The molecule has 1 aromatic carbocycles. The van der Waals surface area contributed by atoms with Gasteiger partial charge in [-0.25, -0.2) is 0 Å². The van der Waals surface area contributed by atoms with Gasteiger partial charge >= 0.3 is 0 Å². The zero-order valence-corrected chi connectivity index (χ0v) is 15.2. The maximum atomic E-state index is 12.6. The summed E-state index contributed by atoms with van der Waals surface area (Å²) in [4.78, 5) is 26.7. The highest BCUT2D eigenvalue weighted by atomic mass is 16.3. The second-order valence-corrected chi connectivity index (χ2v) is 7.00. The number of piperidine rings is 1. The van der Waals surface area contributed by atoms with Crippen LogP contribution >= 0.6 is 0 Å². The van der Waals surface area contributed by atoms with Crippen molar-refractivity contribution in [2.75, 3.05) is 13.1 Å². The Bertz CT molecular complexity index is 712. The number of nitrogens with one attached hydrogen (secondary N) is 1. The normalized spacial score (nSPS) is 18.3. The Morgan fingerprint density at radius 2 is 2.04 bits per heavy atom. The van der Waals surface area contributed by atoms with E-state index in [0.29, 0.717) is 18.8 Å². The van der Waals surface area contributed by atoms with Crippen LogP contribution in [-0.4, -0.2) is 35.8 Å². The molecule has 1 saturated heterocycles. The Morgan fingerprint density at radius 3 is 2.77 bits per heavy atom. The molecule has 1 aliphatic rings. The van der Waals surface area contributed by atoms with Gasteiger partial charge < -0.3 is 14.6 Å². The molecule has 0 aliphatic carbocycles. The molecular weight excluding hydrogens is 328 g/mol. The van der Waals surface area contributed by atoms with Crippen LogP contribution in [0.5, 0.6) is 0 Å². The predicted molar refractivity (Wildman–Crippen MR) is 99.7 cm³/mol. The number of nitrogens with zero attached hydrogens (tertiary/aromatic N) is 1. The summed E-state index contributed by atoms with van der Waals surface area (Å²) < 4.78 is 5.19. The van der Waals surface area contributed by atoms with Crippen LogP contribution in [0.1, 0.15) is 42.3 Å². The van der Waals surface area contributed by atoms with Gasteiger partial charge in [-0.1, -0.05) is 30.3 Å². The molecule has 0 spiro atoms. The fourth-order valence-corrected chi connectivity index (χ4v) is 3.39. The second-order valence-electron chi connectivity index (χ2n) is 7.00. The van der Waals surface area contributed by atoms with E-state index < -0.39 is 0 Å². The fourth-order valence-electron chi connectivity index (χ4n) is 3.39. The van der Waals surface area contributed by atoms with Gasteiger partial charge in [-0.05, 0) is 50.3 Å². The summed E-state index contributed by atoms with van der Waals surface area (Å²) in [5.41, 5.74) is 1.28. The molecule has 2 aromatic rings. The summed E-state index contributed by atoms with van der Waals surface area (Å²) in [6, 6.07) is 13.8. The van der Waals surface area contributed by atoms with E-state index in [-0.39, 0.29) is 23.8 Å². The zero-order chi connectivity index (χ0) is 18.4. The standard InChI is InChI=1S/C21H26N2O3/c1-16(11-12-17-7-3-2-4-8-17)22-20(24)18-9-5-13-23(15-18)21(25)19-10-6-14-26-19/h2-4,6-8,10,14,16,18H,5,9,11-13,15H2,1H3,(H,22,24)/t16-,18-/m0/s1. The topological polar surface area (TPSA) is 62.6 Å². The van der Waals surface area contributed by atoms with Crippen molar-refractivity contribution in [1.29, 1.82) is 0 Å². The Kier molecular flexibility index (Phi) is 6.10. The first kappa shape index (κ1) is 18.2. The van der Waals surface area contributed by atoms with Gasteiger partial charge in [0.05, 0.1) is 12.2 Å². The SMILES string of the molecule is C[C@@H](CCc1ccccc1)NC(=O)[C@H]1CCCN(C(=O)c2ccco2)C1. The van der Waals surface area contributed by atoms with Crippen molar-refractivity contribution >= 4 is 11.8 Å². The summed E-state index contributed by atoms with van der Waals surface area (Å²) in [6.07, 6.45) is 4.99. The minimum Gasteiger partial charge on any atom is -0.459 e. The van der Waals surface area contributed by atoms with E-state index in [4.69, 9.17) is 4.42 Å². The highest BCUT2D eigenvalue weighted by molar-refractivity contribution is 5.92. The number of rotatable bonds is 6. The van der Waals surface area contributed by atoms with Crippen LogP contribution in [0.4, 0.5) is 0 Å². The number of carbonyl (C=O) groups is 2. The molecule has 26 heavy (non-hydrogen) atoms. The van der Waals surface area contributed by atoms with Gasteiger partial charge in [0.1, 0.15) is 0 Å². The molecule has 1 aromatic heterocycles. The second kappa shape index (κ2) is 8.70. The van der Waals surface area contributed by atoms with Crippen LogP contribution in [0.15, 0.2) is 53.1 Å². The van der Waals surface area contributed by atoms with Crippen LogP contribution < -0.4 is 5.32 Å². The zero-order valence-electron chi connectivity index (χ0n) is 15.2. The van der Waals surface area contributed by atoms with E-state index in [2.05, 4.69) is 17.4 Å². The molecule has 1 N–H and O–H groups in total. The lowest BCUT2D eigenvalue weighted by molar-refractivity contribution is -0.127. The molecule has 2 heterocycles. The summed E-state index contributed by atoms with van der Waals surface area (Å²) >= 11 is 0. The number of hydrogen-bond donors (Lipinski definition) is 1. The van der Waals surface area contributed by atoms with Crippen molar-refractivity contribution in [3.63, 3.8) is 0 Å². The van der Waals surface area contributed by atoms with Crippen LogP contribution in [0, 0.1) is 5.92 Å². The van der Waals surface area contributed by atoms with E-state index >= 15 is 0 Å². The maximum Gasteiger partial charge on any atom is 0.289 e. The number of aryl methyl sites for hydroxylation is 1. The third-order valence-corrected chi connectivity index (χ3v) is 4.91. The van der Waals surface area contributed by atoms with Crippen molar-refractivity contribution in [2.45, 2.75) is 38.6 Å². The summed E-state index contributed by atoms with van der Waals surface area (Å²) in [7, 11) is 0. The highest BCUT2D eigenvalue weighted by Crippen LogP contribution is 2.19. The Hall–Kier alpha value is -2.56. The van der Waals surface area contributed by atoms with Crippen LogP contribution in [0.3, 0.4) is 0 Å². The van der Waals surface area contributed by atoms with Gasteiger partial charge in [0.2, 0.25) is 5.91 Å². The summed E-state index contributed by atoms with van der Waals surface area (Å²) in [5.74, 6) is 0.0938. The van der Waals surface area contributed by atoms with Gasteiger partial charge in [0, 0.05) is 19.1 Å². The number of furan rings is 1. The van der Waals surface area contributed by atoms with Gasteiger partial charge in [0.15, 0.2) is 5.76 Å². The molecule has 5 heteroatoms. The van der Waals surface area contributed by atoms with E-state index in [1.54, 1.807) is 17.0 Å². The molecule has 2 atom stereocenters. The van der Waals surface area contributed by atoms with Gasteiger partial charge in [0.25, 0.3) is 5.91 Å². The average Bonchev–Trinajstić information content (AvgIpc) is 3.21. The van der Waals surface area contributed by atoms with Gasteiger partial charge in [-0.3, -0.25) is 9.59 Å². The Balaban J connectivity index is 1.48. The van der Waals surface area contributed by atoms with Gasteiger partial charge in [-0.2, -0.15) is 0 Å². The molecule has 0 radical (unpaired) electrons. The average molecular weight is 354 g/mol. The monoisotopic (exact) mass is 354 g/mol. The van der Waals surface area contributed by atoms with E-state index in [1.165, 1.54) is 11.8 Å². The van der Waals surface area contributed by atoms with Crippen LogP contribution in [-0.2, 0) is 11.2 Å². The van der Waals surface area contributed by atoms with E-state index in [0.717, 1.165) is 25.7 Å². The number of carbonyl (C=O) groups excluding carboxylic acids is 2. The highest BCUT2D eigenvalue weighted by Gasteiger charge is 2.30. The molecule has 2 amide bonds. The third kappa shape index (κ3) is 4.75. The maximum absolute atomic E-state index is 12.6. The molecule has 1 fully saturated rings. The largest absolute Gasteiger partial charge is 0.459 e. The lowest BCUT2D eigenvalue weighted by Crippen LogP contribution is -2.47. The van der Waals surface area contributed by atoms with Crippen molar-refractivity contribution in [3.8, 4) is 0 Å². The van der Waals surface area contributed by atoms with E-state index in [1.807, 2.05) is 25.1 Å². The number of amides is 2.